The second-order valence-corrected chi connectivity index (χ2v) is 5.50. The van der Waals surface area contributed by atoms with Gasteiger partial charge in [-0.3, -0.25) is 4.90 Å². The number of β-amino-alcohol motifs (C(OH)–C–C–N with tert-alkyl or cyclic N) is 1. The van der Waals surface area contributed by atoms with Gasteiger partial charge in [0, 0.05) is 13.1 Å². The van der Waals surface area contributed by atoms with Gasteiger partial charge >= 0.3 is 5.97 Å². The van der Waals surface area contributed by atoms with Crippen LogP contribution in [0.2, 0.25) is 0 Å². The topological polar surface area (TPSA) is 70.0 Å². The average molecular weight is 243 g/mol. The number of aliphatic hydroxyl groups is 1. The van der Waals surface area contributed by atoms with E-state index < -0.39 is 17.7 Å². The lowest BCUT2D eigenvalue weighted by Gasteiger charge is -2.37. The van der Waals surface area contributed by atoms with Gasteiger partial charge in [-0.2, -0.15) is 0 Å². The monoisotopic (exact) mass is 243 g/mol. The van der Waals surface area contributed by atoms with Crippen LogP contribution in [0, 0.1) is 0 Å². The van der Waals surface area contributed by atoms with E-state index in [4.69, 9.17) is 9.84 Å². The SMILES string of the molecule is CC1(O)CCCN(CC2CCC(C(=O)O)O2)C1. The molecule has 2 rings (SSSR count). The standard InChI is InChI=1S/C12H21NO4/c1-12(16)5-2-6-13(8-12)7-9-3-4-10(17-9)11(14)15/h9-10,16H,2-8H2,1H3,(H,14,15). The van der Waals surface area contributed by atoms with E-state index in [9.17, 15) is 9.90 Å². The van der Waals surface area contributed by atoms with Crippen LogP contribution in [-0.4, -0.2) is 58.5 Å². The first-order chi connectivity index (χ1) is 7.96. The van der Waals surface area contributed by atoms with Crippen molar-refractivity contribution in [1.29, 1.82) is 0 Å². The molecular weight excluding hydrogens is 222 g/mol. The minimum Gasteiger partial charge on any atom is -0.479 e. The van der Waals surface area contributed by atoms with Gasteiger partial charge in [-0.15, -0.1) is 0 Å². The fraction of sp³-hybridized carbons (Fsp3) is 0.917. The zero-order valence-electron chi connectivity index (χ0n) is 10.3. The highest BCUT2D eigenvalue weighted by molar-refractivity contribution is 5.72. The summed E-state index contributed by atoms with van der Waals surface area (Å²) in [5.41, 5.74) is -0.608. The Balaban J connectivity index is 1.80. The third-order valence-electron chi connectivity index (χ3n) is 3.60. The van der Waals surface area contributed by atoms with Crippen LogP contribution in [0.25, 0.3) is 0 Å². The number of carboxylic acids is 1. The number of aliphatic carboxylic acids is 1. The lowest BCUT2D eigenvalue weighted by atomic mass is 9.95. The Labute approximate surface area is 101 Å². The second-order valence-electron chi connectivity index (χ2n) is 5.50. The predicted octanol–water partition coefficient (Wildman–Crippen LogP) is 0.465. The maximum Gasteiger partial charge on any atom is 0.332 e. The van der Waals surface area contributed by atoms with Gasteiger partial charge in [0.2, 0.25) is 0 Å². The van der Waals surface area contributed by atoms with E-state index in [1.807, 2.05) is 6.92 Å². The number of carbonyl (C=O) groups is 1. The molecule has 2 N–H and O–H groups in total. The number of piperidine rings is 1. The minimum atomic E-state index is -0.863. The van der Waals surface area contributed by atoms with E-state index >= 15 is 0 Å². The summed E-state index contributed by atoms with van der Waals surface area (Å²) in [5, 5.41) is 18.8. The number of nitrogens with zero attached hydrogens (tertiary/aromatic N) is 1. The minimum absolute atomic E-state index is 0.00463. The zero-order chi connectivity index (χ0) is 12.5. The first-order valence-electron chi connectivity index (χ1n) is 6.29. The van der Waals surface area contributed by atoms with Crippen molar-refractivity contribution in [3.05, 3.63) is 0 Å². The summed E-state index contributed by atoms with van der Waals surface area (Å²) in [7, 11) is 0. The molecule has 3 atom stereocenters. The molecule has 0 bridgehead atoms. The Morgan fingerprint density at radius 3 is 2.88 bits per heavy atom. The first-order valence-corrected chi connectivity index (χ1v) is 6.29. The smallest absolute Gasteiger partial charge is 0.332 e. The molecule has 2 aliphatic rings. The van der Waals surface area contributed by atoms with Crippen molar-refractivity contribution in [2.75, 3.05) is 19.6 Å². The number of likely N-dealkylation sites (tertiary alicyclic amines) is 1. The van der Waals surface area contributed by atoms with E-state index in [1.54, 1.807) is 0 Å². The molecule has 0 aromatic heterocycles. The molecule has 0 aliphatic carbocycles. The molecule has 0 spiro atoms. The number of rotatable bonds is 3. The van der Waals surface area contributed by atoms with Gasteiger partial charge in [-0.05, 0) is 39.2 Å². The van der Waals surface area contributed by atoms with E-state index in [1.165, 1.54) is 0 Å². The number of carboxylic acid groups (broad SMARTS) is 1. The maximum absolute atomic E-state index is 10.8. The lowest BCUT2D eigenvalue weighted by molar-refractivity contribution is -0.150. The van der Waals surface area contributed by atoms with Gasteiger partial charge in [-0.1, -0.05) is 0 Å². The molecule has 5 nitrogen and oxygen atoms in total. The Kier molecular flexibility index (Phi) is 3.70. The Bertz CT molecular complexity index is 292. The van der Waals surface area contributed by atoms with Crippen LogP contribution < -0.4 is 0 Å². The van der Waals surface area contributed by atoms with E-state index in [-0.39, 0.29) is 6.10 Å². The summed E-state index contributed by atoms with van der Waals surface area (Å²) in [6, 6.07) is 0. The predicted molar refractivity (Wildman–Crippen MR) is 61.8 cm³/mol. The van der Waals surface area contributed by atoms with Crippen molar-refractivity contribution >= 4 is 5.97 Å². The molecular formula is C12H21NO4. The largest absolute Gasteiger partial charge is 0.479 e. The summed E-state index contributed by atoms with van der Waals surface area (Å²) >= 11 is 0. The van der Waals surface area contributed by atoms with E-state index in [0.29, 0.717) is 13.0 Å². The van der Waals surface area contributed by atoms with Gasteiger partial charge in [-0.25, -0.2) is 4.79 Å². The van der Waals surface area contributed by atoms with Crippen molar-refractivity contribution in [2.45, 2.75) is 50.4 Å². The van der Waals surface area contributed by atoms with Crippen LogP contribution in [0.15, 0.2) is 0 Å². The Hall–Kier alpha value is -0.650. The molecule has 0 amide bonds. The number of hydrogen-bond acceptors (Lipinski definition) is 4. The van der Waals surface area contributed by atoms with E-state index in [0.717, 1.165) is 32.4 Å². The van der Waals surface area contributed by atoms with Gasteiger partial charge in [0.25, 0.3) is 0 Å². The Morgan fingerprint density at radius 1 is 1.53 bits per heavy atom. The zero-order valence-corrected chi connectivity index (χ0v) is 10.3. The third kappa shape index (κ3) is 3.40. The van der Waals surface area contributed by atoms with Crippen molar-refractivity contribution < 1.29 is 19.7 Å². The summed E-state index contributed by atoms with van der Waals surface area (Å²) in [5.74, 6) is -0.863. The van der Waals surface area contributed by atoms with Crippen LogP contribution in [0.1, 0.15) is 32.6 Å². The summed E-state index contributed by atoms with van der Waals surface area (Å²) in [4.78, 5) is 12.9. The number of hydrogen-bond donors (Lipinski definition) is 2. The molecule has 0 aromatic rings. The molecule has 2 aliphatic heterocycles. The fourth-order valence-corrected chi connectivity index (χ4v) is 2.79. The third-order valence-corrected chi connectivity index (χ3v) is 3.60. The molecule has 17 heavy (non-hydrogen) atoms. The summed E-state index contributed by atoms with van der Waals surface area (Å²) < 4.78 is 5.47. The van der Waals surface area contributed by atoms with Gasteiger partial charge in [0.15, 0.2) is 6.10 Å². The van der Waals surface area contributed by atoms with Crippen molar-refractivity contribution in [3.8, 4) is 0 Å². The van der Waals surface area contributed by atoms with Crippen LogP contribution in [0.5, 0.6) is 0 Å². The molecule has 2 fully saturated rings. The maximum atomic E-state index is 10.8. The Morgan fingerprint density at radius 2 is 2.29 bits per heavy atom. The summed E-state index contributed by atoms with van der Waals surface area (Å²) in [6.45, 7) is 4.22. The molecule has 98 valence electrons. The highest BCUT2D eigenvalue weighted by atomic mass is 16.5. The number of ether oxygens (including phenoxy) is 1. The fourth-order valence-electron chi connectivity index (χ4n) is 2.79. The van der Waals surface area contributed by atoms with Crippen LogP contribution in [0.3, 0.4) is 0 Å². The molecule has 3 unspecified atom stereocenters. The molecule has 0 aromatic carbocycles. The van der Waals surface area contributed by atoms with Gasteiger partial charge in [0.05, 0.1) is 11.7 Å². The molecule has 2 saturated heterocycles. The second kappa shape index (κ2) is 4.92. The van der Waals surface area contributed by atoms with Crippen LogP contribution in [-0.2, 0) is 9.53 Å². The lowest BCUT2D eigenvalue weighted by Crippen LogP contribution is -2.48. The van der Waals surface area contributed by atoms with E-state index in [2.05, 4.69) is 4.90 Å². The average Bonchev–Trinajstić information content (AvgIpc) is 2.64. The van der Waals surface area contributed by atoms with Crippen molar-refractivity contribution in [3.63, 3.8) is 0 Å². The van der Waals surface area contributed by atoms with Crippen molar-refractivity contribution in [1.82, 2.24) is 4.90 Å². The van der Waals surface area contributed by atoms with Gasteiger partial charge in [0.1, 0.15) is 0 Å². The summed E-state index contributed by atoms with van der Waals surface area (Å²) in [6.07, 6.45) is 2.60. The highest BCUT2D eigenvalue weighted by Gasteiger charge is 2.34. The normalized spacial score (nSPS) is 39.4. The molecule has 2 heterocycles. The molecule has 0 saturated carbocycles. The van der Waals surface area contributed by atoms with Crippen LogP contribution in [0.4, 0.5) is 0 Å². The van der Waals surface area contributed by atoms with Crippen molar-refractivity contribution in [2.24, 2.45) is 0 Å². The first kappa shape index (κ1) is 12.8. The quantitative estimate of drug-likeness (QED) is 0.754. The molecule has 0 radical (unpaired) electrons. The highest BCUT2D eigenvalue weighted by Crippen LogP contribution is 2.24. The molecule has 5 heteroatoms. The van der Waals surface area contributed by atoms with Gasteiger partial charge < -0.3 is 14.9 Å². The van der Waals surface area contributed by atoms with Crippen LogP contribution >= 0.6 is 0 Å².